The average molecular weight is 502 g/mol. The van der Waals surface area contributed by atoms with Crippen LogP contribution in [0.25, 0.3) is 10.9 Å². The lowest BCUT2D eigenvalue weighted by Gasteiger charge is -2.49. The van der Waals surface area contributed by atoms with Crippen LogP contribution in [0.5, 0.6) is 5.75 Å². The van der Waals surface area contributed by atoms with Crippen molar-refractivity contribution in [1.82, 2.24) is 9.97 Å². The Morgan fingerprint density at radius 1 is 1.21 bits per heavy atom. The fraction of sp³-hybridized carbons (Fsp3) is 0.391. The largest absolute Gasteiger partial charge is 0.495 e. The summed E-state index contributed by atoms with van der Waals surface area (Å²) in [5, 5.41) is 13.7. The molecule has 34 heavy (non-hydrogen) atoms. The van der Waals surface area contributed by atoms with Crippen LogP contribution in [0.4, 0.5) is 27.6 Å². The number of halogens is 6. The van der Waals surface area contributed by atoms with Gasteiger partial charge >= 0.3 is 6.18 Å². The van der Waals surface area contributed by atoms with E-state index in [9.17, 15) is 27.1 Å². The van der Waals surface area contributed by atoms with Crippen LogP contribution in [-0.2, 0) is 5.41 Å². The number of aliphatic hydroxyl groups is 1. The summed E-state index contributed by atoms with van der Waals surface area (Å²) in [6.07, 6.45) is -4.60. The van der Waals surface area contributed by atoms with E-state index in [1.807, 2.05) is 0 Å². The maximum Gasteiger partial charge on any atom is 0.419 e. The Kier molecular flexibility index (Phi) is 5.68. The van der Waals surface area contributed by atoms with E-state index in [-0.39, 0.29) is 33.2 Å². The van der Waals surface area contributed by atoms with Crippen LogP contribution < -0.4 is 10.1 Å². The van der Waals surface area contributed by atoms with E-state index >= 15 is 0 Å². The monoisotopic (exact) mass is 501 g/mol. The molecule has 182 valence electrons. The van der Waals surface area contributed by atoms with Crippen molar-refractivity contribution < 1.29 is 31.8 Å². The standard InChI is InChI=1S/C23H21ClF5N3O2/c1-10-30-8-12-16(7-15(25)18(26)19(12)31-10)32-20-11-5-14(24)17(34-4)6-13(11)21(2,3)9-22(20,33)23(27,28)29/h5-8,20,32-33H,9H2,1-4H3. The van der Waals surface area contributed by atoms with Crippen LogP contribution in [0.1, 0.15) is 43.3 Å². The molecule has 1 aliphatic carbocycles. The molecule has 0 aliphatic heterocycles. The fourth-order valence-corrected chi connectivity index (χ4v) is 4.88. The summed E-state index contributed by atoms with van der Waals surface area (Å²) in [6.45, 7) is 4.60. The van der Waals surface area contributed by atoms with E-state index in [0.717, 1.165) is 6.07 Å². The molecular formula is C23H21ClF5N3O2. The van der Waals surface area contributed by atoms with Gasteiger partial charge in [0.2, 0.25) is 0 Å². The first-order valence-electron chi connectivity index (χ1n) is 10.2. The molecule has 0 saturated heterocycles. The van der Waals surface area contributed by atoms with Crippen LogP contribution in [0, 0.1) is 18.6 Å². The van der Waals surface area contributed by atoms with Crippen molar-refractivity contribution in [2.24, 2.45) is 0 Å². The Balaban J connectivity index is 1.99. The number of alkyl halides is 3. The van der Waals surface area contributed by atoms with Gasteiger partial charge in [-0.15, -0.1) is 0 Å². The van der Waals surface area contributed by atoms with Crippen LogP contribution >= 0.6 is 11.6 Å². The molecule has 0 bridgehead atoms. The Bertz CT molecular complexity index is 1300. The van der Waals surface area contributed by atoms with Crippen LogP contribution in [0.2, 0.25) is 5.02 Å². The predicted octanol–water partition coefficient (Wildman–Crippen LogP) is 6.01. The Labute approximate surface area is 196 Å². The number of hydrogen-bond donors (Lipinski definition) is 2. The van der Waals surface area contributed by atoms with Gasteiger partial charge in [-0.2, -0.15) is 13.2 Å². The van der Waals surface area contributed by atoms with Crippen LogP contribution in [0.3, 0.4) is 0 Å². The van der Waals surface area contributed by atoms with Gasteiger partial charge in [-0.3, -0.25) is 0 Å². The Morgan fingerprint density at radius 2 is 1.88 bits per heavy atom. The van der Waals surface area contributed by atoms with Crippen LogP contribution in [0.15, 0.2) is 24.4 Å². The van der Waals surface area contributed by atoms with Crippen molar-refractivity contribution in [3.05, 3.63) is 58.0 Å². The molecule has 11 heteroatoms. The lowest BCUT2D eigenvalue weighted by molar-refractivity contribution is -0.275. The lowest BCUT2D eigenvalue weighted by Crippen LogP contribution is -2.58. The highest BCUT2D eigenvalue weighted by Crippen LogP contribution is 2.56. The van der Waals surface area contributed by atoms with E-state index in [1.165, 1.54) is 32.4 Å². The fourth-order valence-electron chi connectivity index (χ4n) is 4.63. The third-order valence-electron chi connectivity index (χ3n) is 6.23. The molecule has 0 saturated carbocycles. The minimum Gasteiger partial charge on any atom is -0.495 e. The van der Waals surface area contributed by atoms with Gasteiger partial charge in [0.1, 0.15) is 17.1 Å². The smallest absolute Gasteiger partial charge is 0.419 e. The number of anilines is 1. The molecule has 2 aromatic carbocycles. The maximum atomic E-state index is 14.4. The van der Waals surface area contributed by atoms with Crippen molar-refractivity contribution in [3.63, 3.8) is 0 Å². The zero-order chi connectivity index (χ0) is 25.2. The minimum atomic E-state index is -5.08. The van der Waals surface area contributed by atoms with Gasteiger partial charge in [0.15, 0.2) is 17.2 Å². The molecule has 0 spiro atoms. The first kappa shape index (κ1) is 24.4. The molecule has 3 aromatic rings. The first-order valence-corrected chi connectivity index (χ1v) is 10.6. The highest BCUT2D eigenvalue weighted by molar-refractivity contribution is 6.32. The highest BCUT2D eigenvalue weighted by Gasteiger charge is 2.64. The minimum absolute atomic E-state index is 0.0318. The highest BCUT2D eigenvalue weighted by atomic mass is 35.5. The normalized spacial score (nSPS) is 21.9. The number of methoxy groups -OCH3 is 1. The number of rotatable bonds is 3. The number of aromatic nitrogens is 2. The molecule has 0 amide bonds. The quantitative estimate of drug-likeness (QED) is 0.430. The lowest BCUT2D eigenvalue weighted by atomic mass is 9.63. The number of benzene rings is 2. The second-order valence-corrected chi connectivity index (χ2v) is 9.44. The summed E-state index contributed by atoms with van der Waals surface area (Å²) >= 11 is 6.24. The first-order chi connectivity index (χ1) is 15.7. The number of hydrogen-bond acceptors (Lipinski definition) is 5. The van der Waals surface area contributed by atoms with Crippen molar-refractivity contribution in [1.29, 1.82) is 0 Å². The summed E-state index contributed by atoms with van der Waals surface area (Å²) in [5.41, 5.74) is -4.50. The van der Waals surface area contributed by atoms with Crippen molar-refractivity contribution in [2.45, 2.75) is 50.4 Å². The second-order valence-electron chi connectivity index (χ2n) is 9.03. The number of ether oxygens (including phenoxy) is 1. The molecule has 2 unspecified atom stereocenters. The van der Waals surface area contributed by atoms with Crippen LogP contribution in [-0.4, -0.2) is 34.0 Å². The predicted molar refractivity (Wildman–Crippen MR) is 117 cm³/mol. The molecule has 2 N–H and O–H groups in total. The molecule has 1 aliphatic rings. The third kappa shape index (κ3) is 3.73. The van der Waals surface area contributed by atoms with Gasteiger partial charge in [0, 0.05) is 23.3 Å². The topological polar surface area (TPSA) is 67.3 Å². The van der Waals surface area contributed by atoms with Gasteiger partial charge in [0.25, 0.3) is 0 Å². The number of fused-ring (bicyclic) bond motifs is 2. The molecule has 2 atom stereocenters. The van der Waals surface area contributed by atoms with Gasteiger partial charge in [-0.25, -0.2) is 18.7 Å². The summed E-state index contributed by atoms with van der Waals surface area (Å²) in [5.74, 6) is -2.16. The second kappa shape index (κ2) is 7.91. The van der Waals surface area contributed by atoms with E-state index < -0.39 is 46.8 Å². The van der Waals surface area contributed by atoms with Crippen molar-refractivity contribution >= 4 is 28.2 Å². The van der Waals surface area contributed by atoms with E-state index in [1.54, 1.807) is 13.8 Å². The van der Waals surface area contributed by atoms with Crippen molar-refractivity contribution in [2.75, 3.05) is 12.4 Å². The zero-order valence-corrected chi connectivity index (χ0v) is 19.4. The summed E-state index contributed by atoms with van der Waals surface area (Å²) in [4.78, 5) is 7.85. The molecule has 5 nitrogen and oxygen atoms in total. The number of nitrogens with zero attached hydrogens (tertiary/aromatic N) is 2. The summed E-state index contributed by atoms with van der Waals surface area (Å²) < 4.78 is 77.1. The molecule has 0 radical (unpaired) electrons. The summed E-state index contributed by atoms with van der Waals surface area (Å²) in [6, 6.07) is 1.72. The van der Waals surface area contributed by atoms with Gasteiger partial charge in [-0.05, 0) is 42.0 Å². The number of nitrogens with one attached hydrogen (secondary N) is 1. The zero-order valence-electron chi connectivity index (χ0n) is 18.6. The summed E-state index contributed by atoms with van der Waals surface area (Å²) in [7, 11) is 1.38. The maximum absolute atomic E-state index is 14.4. The Hall–Kier alpha value is -2.72. The van der Waals surface area contributed by atoms with Crippen molar-refractivity contribution in [3.8, 4) is 5.75 Å². The molecular weight excluding hydrogens is 481 g/mol. The van der Waals surface area contributed by atoms with Gasteiger partial charge < -0.3 is 15.2 Å². The SMILES string of the molecule is COc1cc2c(cc1Cl)C(Nc1cc(F)c(F)c3nc(C)ncc13)C(O)(C(F)(F)F)CC2(C)C. The third-order valence-corrected chi connectivity index (χ3v) is 6.53. The van der Waals surface area contributed by atoms with E-state index in [4.69, 9.17) is 16.3 Å². The van der Waals surface area contributed by atoms with E-state index in [2.05, 4.69) is 15.3 Å². The van der Waals surface area contributed by atoms with E-state index in [0.29, 0.717) is 5.56 Å². The van der Waals surface area contributed by atoms with Gasteiger partial charge in [-0.1, -0.05) is 25.4 Å². The molecule has 1 aromatic heterocycles. The van der Waals surface area contributed by atoms with Gasteiger partial charge in [0.05, 0.1) is 18.2 Å². The molecule has 0 fully saturated rings. The molecule has 4 rings (SSSR count). The average Bonchev–Trinajstić information content (AvgIpc) is 2.73. The number of aryl methyl sites for hydroxylation is 1. The molecule has 1 heterocycles. The Morgan fingerprint density at radius 3 is 2.50 bits per heavy atom.